The highest BCUT2D eigenvalue weighted by Gasteiger charge is 2.21. The number of hydrogen-bond acceptors (Lipinski definition) is 4. The highest BCUT2D eigenvalue weighted by molar-refractivity contribution is 6.01. The summed E-state index contributed by atoms with van der Waals surface area (Å²) in [5.74, 6) is -1.01. The van der Waals surface area contributed by atoms with Gasteiger partial charge in [0.1, 0.15) is 17.8 Å². The Bertz CT molecular complexity index is 1180. The summed E-state index contributed by atoms with van der Waals surface area (Å²) in [7, 11) is 1.56. The molecule has 28 heavy (non-hydrogen) atoms. The minimum absolute atomic E-state index is 0.0534. The van der Waals surface area contributed by atoms with E-state index in [1.165, 1.54) is 41.3 Å². The first-order valence-electron chi connectivity index (χ1n) is 8.16. The van der Waals surface area contributed by atoms with Crippen molar-refractivity contribution in [3.05, 3.63) is 59.9 Å². The van der Waals surface area contributed by atoms with Gasteiger partial charge in [-0.25, -0.2) is 27.8 Å². The zero-order valence-corrected chi connectivity index (χ0v) is 14.4. The summed E-state index contributed by atoms with van der Waals surface area (Å²) in [5, 5.41) is 6.47. The molecule has 4 rings (SSSR count). The summed E-state index contributed by atoms with van der Waals surface area (Å²) in [4.78, 5) is 22.9. The fourth-order valence-corrected chi connectivity index (χ4v) is 2.88. The van der Waals surface area contributed by atoms with E-state index in [4.69, 9.17) is 0 Å². The number of aromatic nitrogens is 5. The molecule has 1 amide bonds. The number of alkyl halides is 2. The molecule has 1 aromatic carbocycles. The van der Waals surface area contributed by atoms with Crippen LogP contribution in [0.4, 0.5) is 19.0 Å². The summed E-state index contributed by atoms with van der Waals surface area (Å²) >= 11 is 0. The molecule has 142 valence electrons. The summed E-state index contributed by atoms with van der Waals surface area (Å²) in [6, 6.07) is 8.48. The molecular formula is C18H13F3N6O. The third kappa shape index (κ3) is 2.98. The van der Waals surface area contributed by atoms with E-state index in [2.05, 4.69) is 25.4 Å². The Kier molecular flexibility index (Phi) is 4.30. The molecule has 0 saturated heterocycles. The Balaban J connectivity index is 1.72. The summed E-state index contributed by atoms with van der Waals surface area (Å²) in [5.41, 5.74) is -0.205. The number of nitrogens with zero attached hydrogens (tertiary/aromatic N) is 4. The molecule has 0 atom stereocenters. The number of anilines is 1. The highest BCUT2D eigenvalue weighted by atomic mass is 19.3. The fraction of sp³-hybridized carbons (Fsp3) is 0.111. The molecule has 2 N–H and O–H groups in total. The lowest BCUT2D eigenvalue weighted by atomic mass is 10.0. The van der Waals surface area contributed by atoms with Crippen LogP contribution in [0.25, 0.3) is 22.3 Å². The molecule has 3 aromatic heterocycles. The lowest BCUT2D eigenvalue weighted by Crippen LogP contribution is -2.18. The van der Waals surface area contributed by atoms with Gasteiger partial charge in [-0.2, -0.15) is 5.10 Å². The minimum Gasteiger partial charge on any atom is -0.337 e. The molecule has 7 nitrogen and oxygen atoms in total. The number of halogens is 3. The van der Waals surface area contributed by atoms with E-state index in [0.29, 0.717) is 0 Å². The maximum Gasteiger partial charge on any atom is 0.294 e. The summed E-state index contributed by atoms with van der Waals surface area (Å²) < 4.78 is 42.6. The van der Waals surface area contributed by atoms with Gasteiger partial charge in [0, 0.05) is 18.2 Å². The number of H-pyrrole nitrogens is 1. The summed E-state index contributed by atoms with van der Waals surface area (Å²) in [6.07, 6.45) is -1.52. The topological polar surface area (TPSA) is 88.5 Å². The highest BCUT2D eigenvalue weighted by Crippen LogP contribution is 2.34. The number of rotatable bonds is 4. The first kappa shape index (κ1) is 17.7. The zero-order valence-electron chi connectivity index (χ0n) is 14.4. The predicted octanol–water partition coefficient (Wildman–Crippen LogP) is 3.69. The maximum atomic E-state index is 14.8. The van der Waals surface area contributed by atoms with Crippen LogP contribution in [0.15, 0.2) is 42.7 Å². The van der Waals surface area contributed by atoms with Gasteiger partial charge in [-0.15, -0.1) is 0 Å². The molecule has 0 aliphatic heterocycles. The van der Waals surface area contributed by atoms with Gasteiger partial charge >= 0.3 is 0 Å². The monoisotopic (exact) mass is 386 g/mol. The molecule has 3 heterocycles. The van der Waals surface area contributed by atoms with Gasteiger partial charge in [0.25, 0.3) is 12.3 Å². The van der Waals surface area contributed by atoms with E-state index >= 15 is 0 Å². The van der Waals surface area contributed by atoms with Crippen LogP contribution in [0, 0.1) is 5.82 Å². The van der Waals surface area contributed by atoms with Crippen LogP contribution in [0.1, 0.15) is 22.6 Å². The fourth-order valence-electron chi connectivity index (χ4n) is 2.88. The number of nitrogens with one attached hydrogen (secondary N) is 2. The third-order valence-corrected chi connectivity index (χ3v) is 4.22. The van der Waals surface area contributed by atoms with Gasteiger partial charge in [-0.05, 0) is 12.1 Å². The molecule has 0 fully saturated rings. The number of carbonyl (C=O) groups excluding carboxylic acids is 1. The third-order valence-electron chi connectivity index (χ3n) is 4.22. The van der Waals surface area contributed by atoms with E-state index in [0.717, 1.165) is 0 Å². The minimum atomic E-state index is -2.75. The number of hydrogen-bond donors (Lipinski definition) is 2. The van der Waals surface area contributed by atoms with Crippen molar-refractivity contribution in [1.29, 1.82) is 0 Å². The van der Waals surface area contributed by atoms with Gasteiger partial charge < -0.3 is 10.3 Å². The maximum absolute atomic E-state index is 14.8. The van der Waals surface area contributed by atoms with Crippen LogP contribution < -0.4 is 5.32 Å². The second-order valence-electron chi connectivity index (χ2n) is 5.96. The average Bonchev–Trinajstić information content (AvgIpc) is 3.25. The zero-order chi connectivity index (χ0) is 19.8. The van der Waals surface area contributed by atoms with Crippen molar-refractivity contribution in [3.63, 3.8) is 0 Å². The van der Waals surface area contributed by atoms with Crippen molar-refractivity contribution in [1.82, 2.24) is 24.7 Å². The van der Waals surface area contributed by atoms with Crippen molar-refractivity contribution < 1.29 is 18.0 Å². The van der Waals surface area contributed by atoms with Crippen molar-refractivity contribution in [2.45, 2.75) is 6.43 Å². The Morgan fingerprint density at radius 3 is 2.71 bits per heavy atom. The number of aryl methyl sites for hydroxylation is 1. The second-order valence-corrected chi connectivity index (χ2v) is 5.96. The molecule has 0 aliphatic carbocycles. The summed E-state index contributed by atoms with van der Waals surface area (Å²) in [6.45, 7) is 0. The average molecular weight is 386 g/mol. The second kappa shape index (κ2) is 6.80. The van der Waals surface area contributed by atoms with Crippen LogP contribution in [0.3, 0.4) is 0 Å². The first-order valence-corrected chi connectivity index (χ1v) is 8.16. The van der Waals surface area contributed by atoms with Gasteiger partial charge in [0.05, 0.1) is 11.1 Å². The van der Waals surface area contributed by atoms with Crippen molar-refractivity contribution in [3.8, 4) is 11.3 Å². The quantitative estimate of drug-likeness (QED) is 0.560. The van der Waals surface area contributed by atoms with E-state index in [1.807, 2.05) is 0 Å². The van der Waals surface area contributed by atoms with Crippen LogP contribution in [-0.2, 0) is 7.05 Å². The number of fused-ring (bicyclic) bond motifs is 1. The van der Waals surface area contributed by atoms with Gasteiger partial charge in [0.2, 0.25) is 5.82 Å². The normalized spacial score (nSPS) is 11.3. The van der Waals surface area contributed by atoms with Crippen LogP contribution in [0.2, 0.25) is 0 Å². The predicted molar refractivity (Wildman–Crippen MR) is 95.4 cm³/mol. The largest absolute Gasteiger partial charge is 0.337 e. The van der Waals surface area contributed by atoms with Crippen molar-refractivity contribution >= 4 is 22.8 Å². The number of pyridine rings is 1. The Morgan fingerprint density at radius 2 is 2.00 bits per heavy atom. The number of aromatic amines is 1. The number of amides is 1. The SMILES string of the molecule is Cn1ncnc1C(=O)Nc1ccc2c(F)c(-c3ccccc3C(F)F)[nH]c2n1. The van der Waals surface area contributed by atoms with Crippen molar-refractivity contribution in [2.75, 3.05) is 5.32 Å². The molecule has 0 bridgehead atoms. The number of carbonyl (C=O) groups is 1. The molecular weight excluding hydrogens is 373 g/mol. The van der Waals surface area contributed by atoms with Gasteiger partial charge in [0.15, 0.2) is 5.82 Å². The standard InChI is InChI=1S/C18H13F3N6O/c1-27-17(22-8-23-27)18(28)25-12-7-6-11-13(19)14(26-16(11)24-12)9-4-2-3-5-10(9)15(20)21/h2-8,15H,1H3,(H2,24,25,26,28). The lowest BCUT2D eigenvalue weighted by molar-refractivity contribution is 0.101. The van der Waals surface area contributed by atoms with E-state index in [1.54, 1.807) is 13.1 Å². The van der Waals surface area contributed by atoms with Gasteiger partial charge in [-0.1, -0.05) is 24.3 Å². The van der Waals surface area contributed by atoms with Crippen LogP contribution in [-0.4, -0.2) is 30.6 Å². The molecule has 0 saturated carbocycles. The van der Waals surface area contributed by atoms with Crippen molar-refractivity contribution in [2.24, 2.45) is 7.05 Å². The molecule has 10 heteroatoms. The van der Waals surface area contributed by atoms with E-state index < -0.39 is 18.1 Å². The smallest absolute Gasteiger partial charge is 0.294 e. The van der Waals surface area contributed by atoms with Gasteiger partial charge in [-0.3, -0.25) is 4.79 Å². The Hall–Kier alpha value is -3.69. The molecule has 0 aliphatic rings. The molecule has 0 spiro atoms. The molecule has 4 aromatic rings. The lowest BCUT2D eigenvalue weighted by Gasteiger charge is -2.06. The molecule has 0 unspecified atom stereocenters. The number of benzene rings is 1. The Labute approximate surface area is 156 Å². The van der Waals surface area contributed by atoms with E-state index in [9.17, 15) is 18.0 Å². The molecule has 0 radical (unpaired) electrons. The van der Waals surface area contributed by atoms with Crippen LogP contribution >= 0.6 is 0 Å². The Morgan fingerprint density at radius 1 is 1.21 bits per heavy atom. The van der Waals surface area contributed by atoms with Crippen LogP contribution in [0.5, 0.6) is 0 Å². The van der Waals surface area contributed by atoms with E-state index in [-0.39, 0.29) is 39.5 Å². The first-order chi connectivity index (χ1) is 13.5.